The fraction of sp³-hybridized carbons (Fsp3) is 0.733. The van der Waals surface area contributed by atoms with E-state index in [4.69, 9.17) is 9.47 Å². The van der Waals surface area contributed by atoms with E-state index in [2.05, 4.69) is 50.3 Å². The van der Waals surface area contributed by atoms with Crippen molar-refractivity contribution in [1.29, 1.82) is 0 Å². The second kappa shape index (κ2) is 12.3. The van der Waals surface area contributed by atoms with Crippen LogP contribution in [0.4, 0.5) is 0 Å². The quantitative estimate of drug-likeness (QED) is 0.361. The van der Waals surface area contributed by atoms with Crippen LogP contribution in [-0.4, -0.2) is 19.3 Å². The summed E-state index contributed by atoms with van der Waals surface area (Å²) in [7, 11) is 0. The smallest absolute Gasteiger partial charge is 0.119 e. The standard InChI is InChI=1S/C30H46O2/c1-3-4-24-9-11-26(12-10-24)22-32-30-19-15-28(16-20-30)27-13-17-29(18-14-27)31-21-25-7-5-23(2)6-8-25/h9,11,13-14,17-18,23-26,28,30H,3-8,10,12,15-16,19-22H2,1-2H3. The topological polar surface area (TPSA) is 18.5 Å². The van der Waals surface area contributed by atoms with Crippen LogP contribution in [0, 0.1) is 23.7 Å². The highest BCUT2D eigenvalue weighted by atomic mass is 16.5. The molecule has 0 radical (unpaired) electrons. The molecule has 0 N–H and O–H groups in total. The molecular formula is C30H46O2. The van der Waals surface area contributed by atoms with Crippen LogP contribution in [0.1, 0.15) is 102 Å². The number of ether oxygens (including phenoxy) is 2. The van der Waals surface area contributed by atoms with E-state index in [1.807, 2.05) is 0 Å². The maximum absolute atomic E-state index is 6.35. The van der Waals surface area contributed by atoms with Crippen molar-refractivity contribution in [2.24, 2.45) is 23.7 Å². The van der Waals surface area contributed by atoms with E-state index in [1.165, 1.54) is 82.6 Å². The highest BCUT2D eigenvalue weighted by molar-refractivity contribution is 5.29. The highest BCUT2D eigenvalue weighted by Gasteiger charge is 2.24. The average Bonchev–Trinajstić information content (AvgIpc) is 2.84. The van der Waals surface area contributed by atoms with Crippen LogP contribution >= 0.6 is 0 Å². The molecule has 0 bridgehead atoms. The van der Waals surface area contributed by atoms with E-state index < -0.39 is 0 Å². The second-order valence-corrected chi connectivity index (χ2v) is 11.1. The first-order valence-electron chi connectivity index (χ1n) is 13.7. The van der Waals surface area contributed by atoms with Crippen LogP contribution in [0.3, 0.4) is 0 Å². The number of allylic oxidation sites excluding steroid dienone is 1. The van der Waals surface area contributed by atoms with Crippen LogP contribution in [0.5, 0.6) is 5.75 Å². The summed E-state index contributed by atoms with van der Waals surface area (Å²) in [5.74, 6) is 4.86. The molecule has 2 nitrogen and oxygen atoms in total. The fourth-order valence-corrected chi connectivity index (χ4v) is 6.05. The Bertz CT molecular complexity index is 677. The molecule has 0 heterocycles. The van der Waals surface area contributed by atoms with Crippen molar-refractivity contribution in [3.63, 3.8) is 0 Å². The lowest BCUT2D eigenvalue weighted by atomic mass is 9.82. The molecule has 3 aliphatic carbocycles. The van der Waals surface area contributed by atoms with Crippen molar-refractivity contribution in [2.45, 2.75) is 103 Å². The third-order valence-electron chi connectivity index (χ3n) is 8.42. The Morgan fingerprint density at radius 2 is 1.44 bits per heavy atom. The van der Waals surface area contributed by atoms with Gasteiger partial charge in [0.05, 0.1) is 19.3 Å². The molecule has 2 unspecified atom stereocenters. The monoisotopic (exact) mass is 438 g/mol. The van der Waals surface area contributed by atoms with Gasteiger partial charge in [-0.1, -0.05) is 57.4 Å². The normalized spacial score (nSPS) is 33.2. The van der Waals surface area contributed by atoms with Crippen molar-refractivity contribution in [1.82, 2.24) is 0 Å². The third-order valence-corrected chi connectivity index (χ3v) is 8.42. The molecule has 32 heavy (non-hydrogen) atoms. The van der Waals surface area contributed by atoms with Crippen molar-refractivity contribution in [2.75, 3.05) is 13.2 Å². The zero-order valence-corrected chi connectivity index (χ0v) is 20.6. The van der Waals surface area contributed by atoms with Gasteiger partial charge in [-0.3, -0.25) is 0 Å². The Labute approximate surface area is 197 Å². The molecule has 178 valence electrons. The van der Waals surface area contributed by atoms with Gasteiger partial charge in [0.2, 0.25) is 0 Å². The predicted octanol–water partition coefficient (Wildman–Crippen LogP) is 8.32. The molecule has 2 fully saturated rings. The van der Waals surface area contributed by atoms with Gasteiger partial charge in [-0.05, 0) is 99.2 Å². The van der Waals surface area contributed by atoms with E-state index in [0.717, 1.165) is 36.7 Å². The van der Waals surface area contributed by atoms with E-state index in [0.29, 0.717) is 17.9 Å². The van der Waals surface area contributed by atoms with Crippen molar-refractivity contribution in [3.05, 3.63) is 42.0 Å². The van der Waals surface area contributed by atoms with E-state index >= 15 is 0 Å². The second-order valence-electron chi connectivity index (χ2n) is 11.1. The third kappa shape index (κ3) is 7.11. The fourth-order valence-electron chi connectivity index (χ4n) is 6.05. The predicted molar refractivity (Wildman–Crippen MR) is 134 cm³/mol. The summed E-state index contributed by atoms with van der Waals surface area (Å²) in [4.78, 5) is 0. The Kier molecular flexibility index (Phi) is 9.14. The van der Waals surface area contributed by atoms with Gasteiger partial charge in [0, 0.05) is 5.92 Å². The van der Waals surface area contributed by atoms with Crippen LogP contribution in [-0.2, 0) is 4.74 Å². The molecule has 2 saturated carbocycles. The lowest BCUT2D eigenvalue weighted by Gasteiger charge is -2.30. The Morgan fingerprint density at radius 3 is 2.09 bits per heavy atom. The zero-order valence-electron chi connectivity index (χ0n) is 20.6. The minimum Gasteiger partial charge on any atom is -0.493 e. The number of hydrogen-bond acceptors (Lipinski definition) is 2. The average molecular weight is 439 g/mol. The molecule has 1 aromatic carbocycles. The summed E-state index contributed by atoms with van der Waals surface area (Å²) in [6.07, 6.45) is 21.0. The molecule has 2 atom stereocenters. The van der Waals surface area contributed by atoms with Crippen LogP contribution < -0.4 is 4.74 Å². The molecule has 3 aliphatic rings. The van der Waals surface area contributed by atoms with Crippen molar-refractivity contribution in [3.8, 4) is 5.75 Å². The molecule has 1 aromatic rings. The van der Waals surface area contributed by atoms with Crippen LogP contribution in [0.25, 0.3) is 0 Å². The summed E-state index contributed by atoms with van der Waals surface area (Å²) in [5.41, 5.74) is 1.49. The number of benzene rings is 1. The molecule has 0 spiro atoms. The van der Waals surface area contributed by atoms with E-state index in [-0.39, 0.29) is 0 Å². The minimum atomic E-state index is 0.467. The Balaban J connectivity index is 1.14. The van der Waals surface area contributed by atoms with Gasteiger partial charge >= 0.3 is 0 Å². The van der Waals surface area contributed by atoms with Gasteiger partial charge in [0.1, 0.15) is 5.75 Å². The van der Waals surface area contributed by atoms with Gasteiger partial charge < -0.3 is 9.47 Å². The molecule has 0 aliphatic heterocycles. The summed E-state index contributed by atoms with van der Waals surface area (Å²) in [6.45, 7) is 6.49. The first-order chi connectivity index (χ1) is 15.7. The van der Waals surface area contributed by atoms with Gasteiger partial charge in [-0.2, -0.15) is 0 Å². The molecule has 0 saturated heterocycles. The van der Waals surface area contributed by atoms with Crippen molar-refractivity contribution >= 4 is 0 Å². The molecule has 0 aromatic heterocycles. The first-order valence-corrected chi connectivity index (χ1v) is 13.7. The first kappa shape index (κ1) is 23.9. The Hall–Kier alpha value is -1.28. The van der Waals surface area contributed by atoms with Gasteiger partial charge in [-0.25, -0.2) is 0 Å². The lowest BCUT2D eigenvalue weighted by molar-refractivity contribution is 0.00924. The highest BCUT2D eigenvalue weighted by Crippen LogP contribution is 2.36. The largest absolute Gasteiger partial charge is 0.493 e. The zero-order chi connectivity index (χ0) is 22.2. The van der Waals surface area contributed by atoms with E-state index in [1.54, 1.807) is 0 Å². The van der Waals surface area contributed by atoms with Gasteiger partial charge in [-0.15, -0.1) is 0 Å². The van der Waals surface area contributed by atoms with Crippen LogP contribution in [0.2, 0.25) is 0 Å². The number of hydrogen-bond donors (Lipinski definition) is 0. The van der Waals surface area contributed by atoms with Crippen LogP contribution in [0.15, 0.2) is 36.4 Å². The summed E-state index contributed by atoms with van der Waals surface area (Å²) < 4.78 is 12.5. The summed E-state index contributed by atoms with van der Waals surface area (Å²) in [6, 6.07) is 9.02. The maximum atomic E-state index is 6.35. The minimum absolute atomic E-state index is 0.467. The number of rotatable bonds is 9. The summed E-state index contributed by atoms with van der Waals surface area (Å²) >= 11 is 0. The van der Waals surface area contributed by atoms with Crippen molar-refractivity contribution < 1.29 is 9.47 Å². The van der Waals surface area contributed by atoms with Gasteiger partial charge in [0.25, 0.3) is 0 Å². The molecular weight excluding hydrogens is 392 g/mol. The Morgan fingerprint density at radius 1 is 0.750 bits per heavy atom. The molecule has 2 heteroatoms. The lowest BCUT2D eigenvalue weighted by Crippen LogP contribution is -2.24. The summed E-state index contributed by atoms with van der Waals surface area (Å²) in [5, 5.41) is 0. The van der Waals surface area contributed by atoms with E-state index in [9.17, 15) is 0 Å². The molecule has 0 amide bonds. The molecule has 4 rings (SSSR count). The van der Waals surface area contributed by atoms with Gasteiger partial charge in [0.15, 0.2) is 0 Å². The SMILES string of the molecule is CCCC1C=CC(COC2CCC(c3ccc(OCC4CCC(C)CC4)cc3)CC2)CC1. The maximum Gasteiger partial charge on any atom is 0.119 e.